The number of hydrogen-bond donors (Lipinski definition) is 2. The first-order valence-electron chi connectivity index (χ1n) is 8.02. The zero-order valence-corrected chi connectivity index (χ0v) is 13.1. The highest BCUT2D eigenvalue weighted by atomic mass is 16.3. The lowest BCUT2D eigenvalue weighted by atomic mass is 10.1. The molecule has 0 bridgehead atoms. The minimum atomic E-state index is -0.402. The second-order valence-electron chi connectivity index (χ2n) is 6.10. The van der Waals surface area contributed by atoms with Crippen LogP contribution < -0.4 is 5.32 Å². The number of aliphatic hydroxyl groups excluding tert-OH is 1. The van der Waals surface area contributed by atoms with Gasteiger partial charge in [0.05, 0.1) is 24.5 Å². The van der Waals surface area contributed by atoms with E-state index in [2.05, 4.69) is 25.5 Å². The van der Waals surface area contributed by atoms with Gasteiger partial charge >= 0.3 is 0 Å². The molecule has 0 amide bonds. The largest absolute Gasteiger partial charge is 0.391 e. The van der Waals surface area contributed by atoms with Gasteiger partial charge in [-0.05, 0) is 30.9 Å². The van der Waals surface area contributed by atoms with Gasteiger partial charge in [-0.2, -0.15) is 10.2 Å². The lowest BCUT2D eigenvalue weighted by molar-refractivity contribution is 0.166. The van der Waals surface area contributed by atoms with Crippen LogP contribution in [0.1, 0.15) is 12.8 Å². The smallest absolute Gasteiger partial charge is 0.173 e. The molecule has 4 rings (SSSR count). The van der Waals surface area contributed by atoms with E-state index in [9.17, 15) is 5.11 Å². The first-order valence-corrected chi connectivity index (χ1v) is 8.02. The fourth-order valence-corrected chi connectivity index (χ4v) is 3.23. The summed E-state index contributed by atoms with van der Waals surface area (Å²) in [6.07, 6.45) is 11.8. The monoisotopic (exact) mass is 325 g/mol. The number of hydrogen-bond acceptors (Lipinski definition) is 6. The topological polar surface area (TPSA) is 93.7 Å². The summed E-state index contributed by atoms with van der Waals surface area (Å²) in [7, 11) is 0. The molecule has 0 spiro atoms. The van der Waals surface area contributed by atoms with Gasteiger partial charge in [0.15, 0.2) is 5.82 Å². The number of anilines is 1. The van der Waals surface area contributed by atoms with Gasteiger partial charge in [-0.3, -0.25) is 9.67 Å². The van der Waals surface area contributed by atoms with Crippen LogP contribution in [0, 0.1) is 5.92 Å². The van der Waals surface area contributed by atoms with Gasteiger partial charge in [0.2, 0.25) is 0 Å². The summed E-state index contributed by atoms with van der Waals surface area (Å²) in [5, 5.41) is 22.0. The first-order chi connectivity index (χ1) is 11.8. The van der Waals surface area contributed by atoms with E-state index in [1.54, 1.807) is 29.5 Å². The van der Waals surface area contributed by atoms with E-state index in [1.165, 1.54) is 0 Å². The summed E-state index contributed by atoms with van der Waals surface area (Å²) >= 11 is 0. The zero-order valence-electron chi connectivity index (χ0n) is 13.1. The van der Waals surface area contributed by atoms with Crippen molar-refractivity contribution in [1.82, 2.24) is 29.5 Å². The van der Waals surface area contributed by atoms with Crippen molar-refractivity contribution in [1.29, 1.82) is 0 Å². The number of aliphatic hydroxyl groups is 1. The highest BCUT2D eigenvalue weighted by molar-refractivity contribution is 5.37. The fraction of sp³-hybridized carbons (Fsp3) is 0.375. The first kappa shape index (κ1) is 14.8. The third-order valence-corrected chi connectivity index (χ3v) is 4.33. The summed E-state index contributed by atoms with van der Waals surface area (Å²) in [5.74, 6) is 1.68. The van der Waals surface area contributed by atoms with E-state index in [0.717, 1.165) is 19.4 Å². The minimum absolute atomic E-state index is 0.0345. The van der Waals surface area contributed by atoms with Crippen molar-refractivity contribution in [3.8, 4) is 5.82 Å². The maximum Gasteiger partial charge on any atom is 0.173 e. The fourth-order valence-electron chi connectivity index (χ4n) is 3.23. The Morgan fingerprint density at radius 1 is 1.12 bits per heavy atom. The van der Waals surface area contributed by atoms with Crippen LogP contribution in [0.5, 0.6) is 0 Å². The molecular weight excluding hydrogens is 306 g/mol. The van der Waals surface area contributed by atoms with Gasteiger partial charge in [0.25, 0.3) is 0 Å². The van der Waals surface area contributed by atoms with Crippen molar-refractivity contribution in [3.63, 3.8) is 0 Å². The van der Waals surface area contributed by atoms with Crippen molar-refractivity contribution in [2.75, 3.05) is 5.32 Å². The van der Waals surface area contributed by atoms with E-state index in [0.29, 0.717) is 17.6 Å². The average Bonchev–Trinajstić information content (AvgIpc) is 3.32. The second kappa shape index (κ2) is 6.40. The predicted molar refractivity (Wildman–Crippen MR) is 87.5 cm³/mol. The van der Waals surface area contributed by atoms with E-state index in [4.69, 9.17) is 0 Å². The normalized spacial score (nSPS) is 23.5. The van der Waals surface area contributed by atoms with Gasteiger partial charge in [-0.15, -0.1) is 0 Å². The van der Waals surface area contributed by atoms with Crippen LogP contribution in [-0.4, -0.2) is 46.8 Å². The lowest BCUT2D eigenvalue weighted by Gasteiger charge is -2.17. The van der Waals surface area contributed by atoms with Crippen LogP contribution in [-0.2, 0) is 6.54 Å². The molecule has 0 aromatic carbocycles. The third-order valence-electron chi connectivity index (χ3n) is 4.33. The molecule has 3 aromatic heterocycles. The van der Waals surface area contributed by atoms with Crippen LogP contribution in [0.2, 0.25) is 0 Å². The molecule has 0 radical (unpaired) electrons. The molecule has 1 aliphatic rings. The molecule has 3 atom stereocenters. The molecule has 1 saturated carbocycles. The molecule has 24 heavy (non-hydrogen) atoms. The van der Waals surface area contributed by atoms with Crippen LogP contribution >= 0.6 is 0 Å². The molecule has 0 aliphatic heterocycles. The minimum Gasteiger partial charge on any atom is -0.391 e. The Balaban J connectivity index is 1.42. The summed E-state index contributed by atoms with van der Waals surface area (Å²) in [6.45, 7) is 0.821. The Kier molecular flexibility index (Phi) is 3.96. The number of rotatable bonds is 5. The second-order valence-corrected chi connectivity index (χ2v) is 6.10. The third kappa shape index (κ3) is 3.13. The standard InChI is InChI=1S/C16H19N7O/c24-14-8-12(11-22-5-1-3-18-22)7-13(14)20-15-9-17-10-16(21-15)23-6-2-4-19-23/h1-6,9-10,12-14,24H,7-8,11H2,(H,20,21)/t12?,13-,14-/m1/s1. The maximum absolute atomic E-state index is 10.3. The maximum atomic E-state index is 10.3. The van der Waals surface area contributed by atoms with E-state index in [-0.39, 0.29) is 6.04 Å². The lowest BCUT2D eigenvalue weighted by Crippen LogP contribution is -2.28. The highest BCUT2D eigenvalue weighted by Gasteiger charge is 2.33. The highest BCUT2D eigenvalue weighted by Crippen LogP contribution is 2.29. The molecule has 3 heterocycles. The molecule has 8 nitrogen and oxygen atoms in total. The Bertz CT molecular complexity index is 772. The van der Waals surface area contributed by atoms with Gasteiger partial charge in [0, 0.05) is 31.3 Å². The van der Waals surface area contributed by atoms with Gasteiger partial charge in [-0.1, -0.05) is 0 Å². The summed E-state index contributed by atoms with van der Waals surface area (Å²) in [6, 6.07) is 3.72. The number of nitrogens with zero attached hydrogens (tertiary/aromatic N) is 6. The van der Waals surface area contributed by atoms with Crippen molar-refractivity contribution in [2.24, 2.45) is 5.92 Å². The van der Waals surface area contributed by atoms with Crippen molar-refractivity contribution in [2.45, 2.75) is 31.5 Å². The molecule has 8 heteroatoms. The average molecular weight is 325 g/mol. The van der Waals surface area contributed by atoms with Crippen molar-refractivity contribution >= 4 is 5.82 Å². The van der Waals surface area contributed by atoms with Gasteiger partial charge in [0.1, 0.15) is 5.82 Å². The Labute approximate surface area is 139 Å². The summed E-state index contributed by atoms with van der Waals surface area (Å²) in [5.41, 5.74) is 0. The molecule has 2 N–H and O–H groups in total. The van der Waals surface area contributed by atoms with Gasteiger partial charge < -0.3 is 10.4 Å². The Morgan fingerprint density at radius 3 is 2.79 bits per heavy atom. The quantitative estimate of drug-likeness (QED) is 0.730. The number of aromatic nitrogens is 6. The molecule has 1 unspecified atom stereocenters. The van der Waals surface area contributed by atoms with E-state index in [1.807, 2.05) is 29.2 Å². The van der Waals surface area contributed by atoms with Crippen molar-refractivity contribution in [3.05, 3.63) is 49.3 Å². The van der Waals surface area contributed by atoms with E-state index < -0.39 is 6.10 Å². The van der Waals surface area contributed by atoms with Crippen LogP contribution in [0.25, 0.3) is 5.82 Å². The van der Waals surface area contributed by atoms with Crippen molar-refractivity contribution < 1.29 is 5.11 Å². The zero-order chi connectivity index (χ0) is 16.4. The van der Waals surface area contributed by atoms with E-state index >= 15 is 0 Å². The Hall–Kier alpha value is -2.74. The predicted octanol–water partition coefficient (Wildman–Crippen LogP) is 1.11. The molecule has 1 aliphatic carbocycles. The number of nitrogens with one attached hydrogen (secondary N) is 1. The molecule has 3 aromatic rings. The van der Waals surface area contributed by atoms with Crippen LogP contribution in [0.15, 0.2) is 49.3 Å². The van der Waals surface area contributed by atoms with Crippen LogP contribution in [0.4, 0.5) is 5.82 Å². The molecule has 0 saturated heterocycles. The Morgan fingerprint density at radius 2 is 2.00 bits per heavy atom. The summed E-state index contributed by atoms with van der Waals surface area (Å²) < 4.78 is 3.57. The van der Waals surface area contributed by atoms with Crippen LogP contribution in [0.3, 0.4) is 0 Å². The molecular formula is C16H19N7O. The molecule has 1 fully saturated rings. The summed E-state index contributed by atoms with van der Waals surface area (Å²) in [4.78, 5) is 8.72. The SMILES string of the molecule is O[C@@H]1CC(Cn2cccn2)C[C@H]1Nc1cncc(-n2cccn2)n1. The molecule has 124 valence electrons. The van der Waals surface area contributed by atoms with Gasteiger partial charge in [-0.25, -0.2) is 9.67 Å².